The van der Waals surface area contributed by atoms with Gasteiger partial charge in [-0.1, -0.05) is 6.92 Å². The SMILES string of the molecule is CCn1nccc1C(O)C1CC(C)CCN1. The summed E-state index contributed by atoms with van der Waals surface area (Å²) in [4.78, 5) is 0. The molecule has 0 spiro atoms. The molecule has 90 valence electrons. The second-order valence-corrected chi connectivity index (χ2v) is 4.71. The number of aliphatic hydroxyl groups excluding tert-OH is 1. The molecule has 0 saturated carbocycles. The third-order valence-electron chi connectivity index (χ3n) is 3.43. The molecule has 1 aromatic rings. The minimum atomic E-state index is -0.440. The number of aromatic nitrogens is 2. The van der Waals surface area contributed by atoms with Crippen LogP contribution in [0.5, 0.6) is 0 Å². The van der Waals surface area contributed by atoms with Crippen molar-refractivity contribution in [1.29, 1.82) is 0 Å². The molecule has 0 amide bonds. The molecule has 1 aromatic heterocycles. The van der Waals surface area contributed by atoms with E-state index in [4.69, 9.17) is 0 Å². The Bertz CT molecular complexity index is 337. The van der Waals surface area contributed by atoms with Crippen molar-refractivity contribution in [3.63, 3.8) is 0 Å². The Labute approximate surface area is 96.7 Å². The second-order valence-electron chi connectivity index (χ2n) is 4.71. The van der Waals surface area contributed by atoms with Crippen molar-refractivity contribution in [1.82, 2.24) is 15.1 Å². The van der Waals surface area contributed by atoms with Gasteiger partial charge in [-0.05, 0) is 38.3 Å². The molecule has 2 rings (SSSR count). The summed E-state index contributed by atoms with van der Waals surface area (Å²) < 4.78 is 1.87. The summed E-state index contributed by atoms with van der Waals surface area (Å²) in [5.74, 6) is 0.693. The van der Waals surface area contributed by atoms with Gasteiger partial charge in [-0.3, -0.25) is 4.68 Å². The van der Waals surface area contributed by atoms with Crippen LogP contribution in [-0.4, -0.2) is 27.5 Å². The minimum Gasteiger partial charge on any atom is -0.385 e. The summed E-state index contributed by atoms with van der Waals surface area (Å²) in [6, 6.07) is 2.08. The van der Waals surface area contributed by atoms with Crippen molar-refractivity contribution in [2.75, 3.05) is 6.54 Å². The molecule has 0 bridgehead atoms. The molecule has 4 heteroatoms. The Hall–Kier alpha value is -0.870. The molecule has 1 aliphatic rings. The van der Waals surface area contributed by atoms with E-state index in [-0.39, 0.29) is 6.04 Å². The van der Waals surface area contributed by atoms with E-state index in [1.165, 1.54) is 6.42 Å². The van der Waals surface area contributed by atoms with Crippen molar-refractivity contribution in [3.8, 4) is 0 Å². The van der Waals surface area contributed by atoms with Crippen LogP contribution in [0.25, 0.3) is 0 Å². The van der Waals surface area contributed by atoms with Crippen molar-refractivity contribution in [2.24, 2.45) is 5.92 Å². The van der Waals surface area contributed by atoms with Crippen molar-refractivity contribution in [3.05, 3.63) is 18.0 Å². The van der Waals surface area contributed by atoms with Gasteiger partial charge < -0.3 is 10.4 Å². The summed E-state index contributed by atoms with van der Waals surface area (Å²) in [7, 11) is 0. The average molecular weight is 223 g/mol. The van der Waals surface area contributed by atoms with Crippen LogP contribution in [0.15, 0.2) is 12.3 Å². The van der Waals surface area contributed by atoms with Crippen LogP contribution in [0.1, 0.15) is 38.5 Å². The van der Waals surface area contributed by atoms with Crippen molar-refractivity contribution < 1.29 is 5.11 Å². The monoisotopic (exact) mass is 223 g/mol. The Balaban J connectivity index is 2.09. The number of hydrogen-bond acceptors (Lipinski definition) is 3. The van der Waals surface area contributed by atoms with Gasteiger partial charge in [0.2, 0.25) is 0 Å². The van der Waals surface area contributed by atoms with Gasteiger partial charge in [-0.2, -0.15) is 5.10 Å². The number of nitrogens with one attached hydrogen (secondary N) is 1. The lowest BCUT2D eigenvalue weighted by Gasteiger charge is -2.31. The number of aryl methyl sites for hydroxylation is 1. The van der Waals surface area contributed by atoms with Crippen LogP contribution in [0.2, 0.25) is 0 Å². The topological polar surface area (TPSA) is 50.1 Å². The van der Waals surface area contributed by atoms with E-state index in [1.54, 1.807) is 6.20 Å². The zero-order valence-corrected chi connectivity index (χ0v) is 10.1. The predicted molar refractivity (Wildman–Crippen MR) is 63.0 cm³/mol. The van der Waals surface area contributed by atoms with Gasteiger partial charge in [0.25, 0.3) is 0 Å². The molecular formula is C12H21N3O. The predicted octanol–water partition coefficient (Wildman–Crippen LogP) is 1.32. The van der Waals surface area contributed by atoms with Gasteiger partial charge in [0.15, 0.2) is 0 Å². The molecule has 3 atom stereocenters. The molecule has 16 heavy (non-hydrogen) atoms. The van der Waals surface area contributed by atoms with E-state index in [1.807, 2.05) is 17.7 Å². The zero-order valence-electron chi connectivity index (χ0n) is 10.1. The zero-order chi connectivity index (χ0) is 11.5. The maximum absolute atomic E-state index is 10.3. The van der Waals surface area contributed by atoms with Gasteiger partial charge in [0.05, 0.1) is 5.69 Å². The standard InChI is InChI=1S/C12H21N3O/c1-3-15-11(5-7-14-15)12(16)10-8-9(2)4-6-13-10/h5,7,9-10,12-13,16H,3-4,6,8H2,1-2H3. The molecule has 0 aliphatic carbocycles. The van der Waals surface area contributed by atoms with E-state index in [2.05, 4.69) is 17.3 Å². The van der Waals surface area contributed by atoms with E-state index >= 15 is 0 Å². The minimum absolute atomic E-state index is 0.172. The van der Waals surface area contributed by atoms with Crippen LogP contribution in [0.4, 0.5) is 0 Å². The van der Waals surface area contributed by atoms with Gasteiger partial charge in [0, 0.05) is 18.8 Å². The first kappa shape index (κ1) is 11.6. The van der Waals surface area contributed by atoms with E-state index in [0.29, 0.717) is 5.92 Å². The highest BCUT2D eigenvalue weighted by atomic mass is 16.3. The fourth-order valence-electron chi connectivity index (χ4n) is 2.45. The normalized spacial score (nSPS) is 27.9. The summed E-state index contributed by atoms with van der Waals surface area (Å²) in [6.45, 7) is 6.10. The lowest BCUT2D eigenvalue weighted by Crippen LogP contribution is -2.42. The first-order valence-electron chi connectivity index (χ1n) is 6.15. The fraction of sp³-hybridized carbons (Fsp3) is 0.750. The lowest BCUT2D eigenvalue weighted by molar-refractivity contribution is 0.0935. The highest BCUT2D eigenvalue weighted by molar-refractivity contribution is 5.08. The summed E-state index contributed by atoms with van der Waals surface area (Å²) in [5.41, 5.74) is 0.925. The van der Waals surface area contributed by atoms with Gasteiger partial charge >= 0.3 is 0 Å². The van der Waals surface area contributed by atoms with Gasteiger partial charge in [-0.15, -0.1) is 0 Å². The summed E-state index contributed by atoms with van der Waals surface area (Å²) >= 11 is 0. The Morgan fingerprint density at radius 2 is 2.50 bits per heavy atom. The van der Waals surface area contributed by atoms with Gasteiger partial charge in [-0.25, -0.2) is 0 Å². The maximum Gasteiger partial charge on any atom is 0.111 e. The number of aliphatic hydroxyl groups is 1. The highest BCUT2D eigenvalue weighted by Crippen LogP contribution is 2.25. The van der Waals surface area contributed by atoms with Crippen molar-refractivity contribution in [2.45, 2.75) is 45.4 Å². The summed E-state index contributed by atoms with van der Waals surface area (Å²) in [5, 5.41) is 17.9. The van der Waals surface area contributed by atoms with Crippen molar-refractivity contribution >= 4 is 0 Å². The summed E-state index contributed by atoms with van der Waals surface area (Å²) in [6.07, 6.45) is 3.56. The van der Waals surface area contributed by atoms with Crippen LogP contribution in [0, 0.1) is 5.92 Å². The molecule has 3 unspecified atom stereocenters. The molecule has 1 fully saturated rings. The molecule has 2 heterocycles. The molecule has 2 N–H and O–H groups in total. The third kappa shape index (κ3) is 2.28. The quantitative estimate of drug-likeness (QED) is 0.812. The van der Waals surface area contributed by atoms with Crippen LogP contribution in [-0.2, 0) is 6.54 Å². The molecule has 1 saturated heterocycles. The smallest absolute Gasteiger partial charge is 0.111 e. The molecule has 0 aromatic carbocycles. The lowest BCUT2D eigenvalue weighted by atomic mass is 9.90. The van der Waals surface area contributed by atoms with Crippen LogP contribution >= 0.6 is 0 Å². The Kier molecular flexibility index (Phi) is 3.61. The molecule has 4 nitrogen and oxygen atoms in total. The van der Waals surface area contributed by atoms with E-state index in [0.717, 1.165) is 25.2 Å². The number of hydrogen-bond donors (Lipinski definition) is 2. The average Bonchev–Trinajstić information content (AvgIpc) is 2.76. The number of rotatable bonds is 3. The van der Waals surface area contributed by atoms with Crippen LogP contribution < -0.4 is 5.32 Å². The highest BCUT2D eigenvalue weighted by Gasteiger charge is 2.27. The molecule has 0 radical (unpaired) electrons. The van der Waals surface area contributed by atoms with E-state index < -0.39 is 6.10 Å². The number of nitrogens with zero attached hydrogens (tertiary/aromatic N) is 2. The fourth-order valence-corrected chi connectivity index (χ4v) is 2.45. The number of piperidine rings is 1. The maximum atomic E-state index is 10.3. The largest absolute Gasteiger partial charge is 0.385 e. The second kappa shape index (κ2) is 4.97. The Morgan fingerprint density at radius 3 is 3.19 bits per heavy atom. The van der Waals surface area contributed by atoms with E-state index in [9.17, 15) is 5.11 Å². The van der Waals surface area contributed by atoms with Crippen LogP contribution in [0.3, 0.4) is 0 Å². The molecular weight excluding hydrogens is 202 g/mol. The van der Waals surface area contributed by atoms with Gasteiger partial charge in [0.1, 0.15) is 6.10 Å². The first-order valence-corrected chi connectivity index (χ1v) is 6.15. The Morgan fingerprint density at radius 1 is 1.69 bits per heavy atom. The first-order chi connectivity index (χ1) is 7.72. The third-order valence-corrected chi connectivity index (χ3v) is 3.43. The molecule has 1 aliphatic heterocycles.